The minimum Gasteiger partial charge on any atom is -0.340 e. The predicted octanol–water partition coefficient (Wildman–Crippen LogP) is 1.24. The fraction of sp³-hybridized carbons (Fsp3) is 0.529. The molecular weight excluding hydrogens is 306 g/mol. The van der Waals surface area contributed by atoms with Crippen molar-refractivity contribution in [2.24, 2.45) is 0 Å². The molecule has 0 aromatic carbocycles. The van der Waals surface area contributed by atoms with Gasteiger partial charge >= 0.3 is 0 Å². The first kappa shape index (κ1) is 16.4. The Hall–Kier alpha value is -2.44. The van der Waals surface area contributed by atoms with Crippen LogP contribution >= 0.6 is 0 Å². The number of carbonyl (C=O) groups excluding carboxylic acids is 1. The molecule has 0 spiro atoms. The van der Waals surface area contributed by atoms with Gasteiger partial charge < -0.3 is 14.5 Å². The van der Waals surface area contributed by atoms with Crippen molar-refractivity contribution < 1.29 is 4.79 Å². The second-order valence-electron chi connectivity index (χ2n) is 6.26. The van der Waals surface area contributed by atoms with E-state index < -0.39 is 0 Å². The summed E-state index contributed by atoms with van der Waals surface area (Å²) in [5.41, 5.74) is 0.651. The zero-order valence-corrected chi connectivity index (χ0v) is 14.2. The number of hydrogen-bond acceptors (Lipinski definition) is 4. The van der Waals surface area contributed by atoms with Crippen LogP contribution in [0, 0.1) is 6.92 Å². The molecule has 3 heterocycles. The van der Waals surface area contributed by atoms with Crippen LogP contribution in [-0.2, 0) is 17.8 Å². The van der Waals surface area contributed by atoms with E-state index >= 15 is 0 Å². The summed E-state index contributed by atoms with van der Waals surface area (Å²) in [5, 5.41) is 0. The van der Waals surface area contributed by atoms with Crippen LogP contribution in [0.3, 0.4) is 0 Å². The Bertz CT molecular complexity index is 779. The third-order valence-electron chi connectivity index (χ3n) is 4.50. The van der Waals surface area contributed by atoms with Gasteiger partial charge in [0.25, 0.3) is 5.56 Å². The van der Waals surface area contributed by atoms with Gasteiger partial charge in [-0.15, -0.1) is 0 Å². The average molecular weight is 329 g/mol. The van der Waals surface area contributed by atoms with Crippen molar-refractivity contribution >= 4 is 5.91 Å². The molecule has 2 aromatic heterocycles. The fourth-order valence-corrected chi connectivity index (χ4v) is 3.30. The molecular formula is C17H23N5O2. The topological polar surface area (TPSA) is 83.9 Å². The van der Waals surface area contributed by atoms with Crippen LogP contribution in [0.4, 0.5) is 0 Å². The van der Waals surface area contributed by atoms with E-state index in [0.717, 1.165) is 37.3 Å². The first-order valence-electron chi connectivity index (χ1n) is 8.42. The number of aromatic nitrogens is 4. The maximum Gasteiger partial charge on any atom is 0.251 e. The number of likely N-dealkylation sites (tertiary alicyclic amines) is 1. The van der Waals surface area contributed by atoms with Crippen molar-refractivity contribution in [1.29, 1.82) is 0 Å². The van der Waals surface area contributed by atoms with Crippen LogP contribution < -0.4 is 5.56 Å². The molecule has 1 amide bonds. The van der Waals surface area contributed by atoms with Crippen LogP contribution in [0.15, 0.2) is 23.3 Å². The summed E-state index contributed by atoms with van der Waals surface area (Å²) in [6.07, 6.45) is 6.26. The summed E-state index contributed by atoms with van der Waals surface area (Å²) >= 11 is 0. The Kier molecular flexibility index (Phi) is 4.78. The van der Waals surface area contributed by atoms with Gasteiger partial charge in [-0.1, -0.05) is 6.92 Å². The number of nitrogens with zero attached hydrogens (tertiary/aromatic N) is 4. The first-order chi connectivity index (χ1) is 11.6. The van der Waals surface area contributed by atoms with E-state index in [4.69, 9.17) is 0 Å². The average Bonchev–Trinajstić information content (AvgIpc) is 3.01. The molecule has 1 fully saturated rings. The molecule has 0 radical (unpaired) electrons. The molecule has 1 aliphatic heterocycles. The van der Waals surface area contributed by atoms with Crippen molar-refractivity contribution in [3.8, 4) is 0 Å². The minimum atomic E-state index is -0.132. The van der Waals surface area contributed by atoms with Crippen molar-refractivity contribution in [3.63, 3.8) is 0 Å². The summed E-state index contributed by atoms with van der Waals surface area (Å²) in [6.45, 7) is 5.50. The molecule has 7 heteroatoms. The van der Waals surface area contributed by atoms with Gasteiger partial charge in [-0.3, -0.25) is 9.59 Å². The van der Waals surface area contributed by atoms with Gasteiger partial charge in [0.05, 0.1) is 5.69 Å². The molecule has 1 aliphatic rings. The molecule has 0 bridgehead atoms. The molecule has 128 valence electrons. The Morgan fingerprint density at radius 2 is 2.29 bits per heavy atom. The van der Waals surface area contributed by atoms with Crippen LogP contribution in [0.2, 0.25) is 0 Å². The third-order valence-corrected chi connectivity index (χ3v) is 4.50. The summed E-state index contributed by atoms with van der Waals surface area (Å²) in [7, 11) is 0. The van der Waals surface area contributed by atoms with Crippen molar-refractivity contribution in [3.05, 3.63) is 46.2 Å². The molecule has 24 heavy (non-hydrogen) atoms. The highest BCUT2D eigenvalue weighted by atomic mass is 16.2. The van der Waals surface area contributed by atoms with Gasteiger partial charge in [0, 0.05) is 43.9 Å². The third kappa shape index (κ3) is 3.55. The maximum absolute atomic E-state index is 12.6. The SMILES string of the molecule is CCc1nccn1CC(=O)N1CCCC(c2cc(=O)[nH]c(C)n2)C1. The Labute approximate surface area is 140 Å². The molecule has 3 rings (SSSR count). The summed E-state index contributed by atoms with van der Waals surface area (Å²) < 4.78 is 1.90. The van der Waals surface area contributed by atoms with Crippen molar-refractivity contribution in [2.75, 3.05) is 13.1 Å². The predicted molar refractivity (Wildman–Crippen MR) is 89.8 cm³/mol. The Morgan fingerprint density at radius 3 is 3.04 bits per heavy atom. The highest BCUT2D eigenvalue weighted by molar-refractivity contribution is 5.76. The lowest BCUT2D eigenvalue weighted by atomic mass is 9.94. The van der Waals surface area contributed by atoms with Crippen LogP contribution in [0.1, 0.15) is 43.0 Å². The number of imidazole rings is 1. The molecule has 7 nitrogen and oxygen atoms in total. The fourth-order valence-electron chi connectivity index (χ4n) is 3.30. The quantitative estimate of drug-likeness (QED) is 0.915. The number of nitrogens with one attached hydrogen (secondary N) is 1. The zero-order valence-electron chi connectivity index (χ0n) is 14.2. The smallest absolute Gasteiger partial charge is 0.251 e. The van der Waals surface area contributed by atoms with Crippen molar-refractivity contribution in [2.45, 2.75) is 45.6 Å². The van der Waals surface area contributed by atoms with E-state index in [0.29, 0.717) is 18.9 Å². The number of H-pyrrole nitrogens is 1. The normalized spacial score (nSPS) is 17.9. The second-order valence-corrected chi connectivity index (χ2v) is 6.26. The van der Waals surface area contributed by atoms with Crippen molar-refractivity contribution in [1.82, 2.24) is 24.4 Å². The monoisotopic (exact) mass is 329 g/mol. The highest BCUT2D eigenvalue weighted by Gasteiger charge is 2.26. The largest absolute Gasteiger partial charge is 0.340 e. The molecule has 1 atom stereocenters. The molecule has 1 unspecified atom stereocenters. The van der Waals surface area contributed by atoms with E-state index in [9.17, 15) is 9.59 Å². The number of carbonyl (C=O) groups is 1. The Morgan fingerprint density at radius 1 is 1.46 bits per heavy atom. The summed E-state index contributed by atoms with van der Waals surface area (Å²) in [6, 6.07) is 1.55. The number of rotatable bonds is 4. The van der Waals surface area contributed by atoms with E-state index in [1.165, 1.54) is 0 Å². The lowest BCUT2D eigenvalue weighted by molar-refractivity contribution is -0.133. The molecule has 1 saturated heterocycles. The number of amides is 1. The number of hydrogen-bond donors (Lipinski definition) is 1. The molecule has 0 saturated carbocycles. The lowest BCUT2D eigenvalue weighted by Gasteiger charge is -2.32. The van der Waals surface area contributed by atoms with Gasteiger partial charge in [0.1, 0.15) is 18.2 Å². The first-order valence-corrected chi connectivity index (χ1v) is 8.42. The number of aromatic amines is 1. The van der Waals surface area contributed by atoms with Gasteiger partial charge in [-0.25, -0.2) is 9.97 Å². The van der Waals surface area contributed by atoms with Gasteiger partial charge in [-0.05, 0) is 19.8 Å². The van der Waals surface area contributed by atoms with Gasteiger partial charge in [0.15, 0.2) is 0 Å². The number of aryl methyl sites for hydroxylation is 2. The summed E-state index contributed by atoms with van der Waals surface area (Å²) in [4.78, 5) is 37.6. The summed E-state index contributed by atoms with van der Waals surface area (Å²) in [5.74, 6) is 1.75. The molecule has 2 aromatic rings. The van der Waals surface area contributed by atoms with E-state index in [2.05, 4.69) is 15.0 Å². The number of piperidine rings is 1. The second kappa shape index (κ2) is 6.98. The Balaban J connectivity index is 1.71. The highest BCUT2D eigenvalue weighted by Crippen LogP contribution is 2.25. The van der Waals surface area contributed by atoms with E-state index in [1.807, 2.05) is 22.6 Å². The van der Waals surface area contributed by atoms with Gasteiger partial charge in [0.2, 0.25) is 5.91 Å². The van der Waals surface area contributed by atoms with Crippen LogP contribution in [0.5, 0.6) is 0 Å². The maximum atomic E-state index is 12.6. The lowest BCUT2D eigenvalue weighted by Crippen LogP contribution is -2.41. The van der Waals surface area contributed by atoms with Crippen LogP contribution in [0.25, 0.3) is 0 Å². The standard InChI is InChI=1S/C17H23N5O2/c1-3-15-18-6-8-21(15)11-17(24)22-7-4-5-13(10-22)14-9-16(23)20-12(2)19-14/h6,8-9,13H,3-5,7,10-11H2,1-2H3,(H,19,20,23). The van der Waals surface area contributed by atoms with Gasteiger partial charge in [-0.2, -0.15) is 0 Å². The molecule has 0 aliphatic carbocycles. The zero-order chi connectivity index (χ0) is 17.1. The minimum absolute atomic E-state index is 0.0916. The van der Waals surface area contributed by atoms with E-state index in [-0.39, 0.29) is 17.4 Å². The van der Waals surface area contributed by atoms with Crippen LogP contribution in [-0.4, -0.2) is 43.4 Å². The molecule has 1 N–H and O–H groups in total. The van der Waals surface area contributed by atoms with E-state index in [1.54, 1.807) is 19.2 Å².